The van der Waals surface area contributed by atoms with E-state index in [9.17, 15) is 0 Å². The first-order valence-electron chi connectivity index (χ1n) is 9.00. The molecule has 0 aliphatic heterocycles. The van der Waals surface area contributed by atoms with Gasteiger partial charge in [-0.15, -0.1) is 0 Å². The van der Waals surface area contributed by atoms with Crippen LogP contribution in [0.1, 0.15) is 39.7 Å². The monoisotopic (exact) mass is 320 g/mol. The van der Waals surface area contributed by atoms with Crippen LogP contribution >= 0.6 is 0 Å². The van der Waals surface area contributed by atoms with Crippen LogP contribution in [0.3, 0.4) is 0 Å². The molecule has 2 atom stereocenters. The molecule has 3 aromatic carbocycles. The molecule has 2 aliphatic carbocycles. The topological polar surface area (TPSA) is 0 Å². The molecule has 0 saturated heterocycles. The maximum absolute atomic E-state index is 2.42. The molecule has 0 radical (unpaired) electrons. The van der Waals surface area contributed by atoms with Gasteiger partial charge in [-0.3, -0.25) is 0 Å². The Morgan fingerprint density at radius 1 is 0.640 bits per heavy atom. The van der Waals surface area contributed by atoms with Crippen LogP contribution in [0.5, 0.6) is 0 Å². The van der Waals surface area contributed by atoms with Crippen molar-refractivity contribution in [2.45, 2.75) is 18.3 Å². The summed E-state index contributed by atoms with van der Waals surface area (Å²) in [5.74, 6) is 0.881. The van der Waals surface area contributed by atoms with Crippen molar-refractivity contribution in [1.29, 1.82) is 0 Å². The van der Waals surface area contributed by atoms with Gasteiger partial charge in [0.2, 0.25) is 0 Å². The van der Waals surface area contributed by atoms with Crippen molar-refractivity contribution in [1.82, 2.24) is 0 Å². The van der Waals surface area contributed by atoms with Crippen LogP contribution in [0, 0.1) is 0 Å². The summed E-state index contributed by atoms with van der Waals surface area (Å²) >= 11 is 0. The number of rotatable bonds is 3. The largest absolute Gasteiger partial charge is 0.0754 e. The molecule has 0 bridgehead atoms. The Balaban J connectivity index is 1.58. The smallest absolute Gasteiger partial charge is 0.0165 e. The lowest BCUT2D eigenvalue weighted by Gasteiger charge is -2.24. The summed E-state index contributed by atoms with van der Waals surface area (Å²) < 4.78 is 0. The molecular formula is C25H20. The molecule has 25 heavy (non-hydrogen) atoms. The molecule has 0 nitrogen and oxygen atoms in total. The van der Waals surface area contributed by atoms with Crippen LogP contribution in [0.15, 0.2) is 90.5 Å². The number of allylic oxidation sites excluding steroid dienone is 2. The van der Waals surface area contributed by atoms with Gasteiger partial charge < -0.3 is 0 Å². The summed E-state index contributed by atoms with van der Waals surface area (Å²) in [6.07, 6.45) is 8.13. The summed E-state index contributed by atoms with van der Waals surface area (Å²) in [4.78, 5) is 0. The van der Waals surface area contributed by atoms with Gasteiger partial charge in [0, 0.05) is 11.8 Å². The van der Waals surface area contributed by atoms with Crippen molar-refractivity contribution < 1.29 is 0 Å². The Morgan fingerprint density at radius 3 is 2.16 bits per heavy atom. The number of hydrogen-bond donors (Lipinski definition) is 0. The predicted octanol–water partition coefficient (Wildman–Crippen LogP) is 6.22. The highest BCUT2D eigenvalue weighted by Gasteiger charge is 2.34. The summed E-state index contributed by atoms with van der Waals surface area (Å²) in [5.41, 5.74) is 8.61. The van der Waals surface area contributed by atoms with Gasteiger partial charge in [0.25, 0.3) is 0 Å². The van der Waals surface area contributed by atoms with Crippen molar-refractivity contribution in [3.05, 3.63) is 118 Å². The van der Waals surface area contributed by atoms with E-state index >= 15 is 0 Å². The minimum absolute atomic E-state index is 0.440. The van der Waals surface area contributed by atoms with Crippen LogP contribution in [0.2, 0.25) is 0 Å². The van der Waals surface area contributed by atoms with Crippen molar-refractivity contribution in [2.24, 2.45) is 0 Å². The third-order valence-corrected chi connectivity index (χ3v) is 5.52. The highest BCUT2D eigenvalue weighted by Crippen LogP contribution is 2.49. The Hall–Kier alpha value is -2.86. The molecule has 2 aliphatic rings. The van der Waals surface area contributed by atoms with E-state index in [2.05, 4.69) is 97.1 Å². The van der Waals surface area contributed by atoms with E-state index in [1.165, 1.54) is 33.4 Å². The van der Waals surface area contributed by atoms with E-state index in [1.807, 2.05) is 0 Å². The molecule has 0 fully saturated rings. The van der Waals surface area contributed by atoms with Crippen LogP contribution in [0.25, 0.3) is 12.2 Å². The average molecular weight is 320 g/mol. The second-order valence-corrected chi connectivity index (χ2v) is 7.00. The van der Waals surface area contributed by atoms with E-state index in [0.29, 0.717) is 11.8 Å². The summed E-state index contributed by atoms with van der Waals surface area (Å²) in [5, 5.41) is 0. The molecule has 0 heteroatoms. The number of benzene rings is 3. The van der Waals surface area contributed by atoms with E-state index < -0.39 is 0 Å². The molecule has 0 spiro atoms. The van der Waals surface area contributed by atoms with Gasteiger partial charge in [0.05, 0.1) is 0 Å². The first kappa shape index (κ1) is 14.5. The maximum Gasteiger partial charge on any atom is 0.0165 e. The zero-order valence-corrected chi connectivity index (χ0v) is 14.1. The molecule has 0 N–H and O–H groups in total. The molecule has 120 valence electrons. The first-order chi connectivity index (χ1) is 12.4. The minimum Gasteiger partial charge on any atom is -0.0754 e. The first-order valence-corrected chi connectivity index (χ1v) is 9.00. The second-order valence-electron chi connectivity index (χ2n) is 7.00. The predicted molar refractivity (Wildman–Crippen MR) is 106 cm³/mol. The third-order valence-electron chi connectivity index (χ3n) is 5.52. The normalized spacial score (nSPS) is 20.2. The van der Waals surface area contributed by atoms with E-state index in [4.69, 9.17) is 0 Å². The number of fused-ring (bicyclic) bond motifs is 2. The van der Waals surface area contributed by atoms with Gasteiger partial charge in [-0.25, -0.2) is 0 Å². The van der Waals surface area contributed by atoms with Gasteiger partial charge in [-0.1, -0.05) is 103 Å². The zero-order valence-electron chi connectivity index (χ0n) is 14.1. The number of hydrogen-bond acceptors (Lipinski definition) is 0. The lowest BCUT2D eigenvalue weighted by molar-refractivity contribution is 0.707. The van der Waals surface area contributed by atoms with Gasteiger partial charge in [0.15, 0.2) is 0 Å². The minimum atomic E-state index is 0.440. The summed E-state index contributed by atoms with van der Waals surface area (Å²) in [6, 6.07) is 28.5. The third kappa shape index (κ3) is 2.46. The fourth-order valence-corrected chi connectivity index (χ4v) is 4.40. The SMILES string of the molecule is C1=CC(C2C(Cc3ccccc3)=Cc3ccccc32)c2ccccc21. The van der Waals surface area contributed by atoms with Gasteiger partial charge in [0.1, 0.15) is 0 Å². The highest BCUT2D eigenvalue weighted by atomic mass is 14.4. The van der Waals surface area contributed by atoms with Crippen molar-refractivity contribution in [2.75, 3.05) is 0 Å². The summed E-state index contributed by atoms with van der Waals surface area (Å²) in [7, 11) is 0. The lowest BCUT2D eigenvalue weighted by Crippen LogP contribution is -2.10. The highest BCUT2D eigenvalue weighted by molar-refractivity contribution is 5.72. The van der Waals surface area contributed by atoms with Crippen molar-refractivity contribution >= 4 is 12.2 Å². The Labute approximate surface area is 149 Å². The molecule has 0 amide bonds. The fraction of sp³-hybridized carbons (Fsp3) is 0.120. The van der Waals surface area contributed by atoms with Crippen molar-refractivity contribution in [3.63, 3.8) is 0 Å². The molecule has 2 unspecified atom stereocenters. The Kier molecular flexibility index (Phi) is 3.41. The van der Waals surface area contributed by atoms with Crippen LogP contribution < -0.4 is 0 Å². The standard InChI is InChI=1S/C25H20/c1-2-8-18(9-3-1)16-21-17-20-11-5-7-13-23(20)25(21)24-15-14-19-10-4-6-12-22(19)24/h1-15,17,24-25H,16H2. The zero-order chi connectivity index (χ0) is 16.6. The molecule has 0 heterocycles. The molecular weight excluding hydrogens is 300 g/mol. The van der Waals surface area contributed by atoms with Crippen LogP contribution in [-0.4, -0.2) is 0 Å². The quantitative estimate of drug-likeness (QED) is 0.537. The average Bonchev–Trinajstić information content (AvgIpc) is 3.23. The van der Waals surface area contributed by atoms with E-state index in [0.717, 1.165) is 6.42 Å². The lowest BCUT2D eigenvalue weighted by atomic mass is 9.79. The van der Waals surface area contributed by atoms with E-state index in [1.54, 1.807) is 0 Å². The van der Waals surface area contributed by atoms with Crippen molar-refractivity contribution in [3.8, 4) is 0 Å². The molecule has 5 rings (SSSR count). The van der Waals surface area contributed by atoms with E-state index in [-0.39, 0.29) is 0 Å². The van der Waals surface area contributed by atoms with Crippen LogP contribution in [0.4, 0.5) is 0 Å². The molecule has 0 aromatic heterocycles. The Morgan fingerprint density at radius 2 is 1.32 bits per heavy atom. The van der Waals surface area contributed by atoms with Gasteiger partial charge in [-0.05, 0) is 34.2 Å². The fourth-order valence-electron chi connectivity index (χ4n) is 4.40. The maximum atomic E-state index is 2.42. The molecule has 0 saturated carbocycles. The summed E-state index contributed by atoms with van der Waals surface area (Å²) in [6.45, 7) is 0. The molecule has 3 aromatic rings. The van der Waals surface area contributed by atoms with Crippen LogP contribution in [-0.2, 0) is 6.42 Å². The van der Waals surface area contributed by atoms with Gasteiger partial charge >= 0.3 is 0 Å². The van der Waals surface area contributed by atoms with Gasteiger partial charge in [-0.2, -0.15) is 0 Å². The Bertz CT molecular complexity index is 976. The second kappa shape index (κ2) is 5.89.